The van der Waals surface area contributed by atoms with Crippen molar-refractivity contribution in [3.63, 3.8) is 0 Å². The number of aromatic nitrogens is 1. The molecule has 0 aliphatic heterocycles. The Hall–Kier alpha value is -2.20. The van der Waals surface area contributed by atoms with Crippen molar-refractivity contribution in [2.24, 2.45) is 0 Å². The molecule has 1 aromatic heterocycles. The highest BCUT2D eigenvalue weighted by Crippen LogP contribution is 2.19. The molecule has 0 bridgehead atoms. The first kappa shape index (κ1) is 10.9. The van der Waals surface area contributed by atoms with E-state index in [1.54, 1.807) is 6.07 Å². The first-order valence-electron chi connectivity index (χ1n) is 5.46. The molecule has 87 valence electrons. The van der Waals surface area contributed by atoms with Crippen molar-refractivity contribution in [3.8, 4) is 0 Å². The monoisotopic (exact) mass is 253 g/mol. The third kappa shape index (κ3) is 2.10. The molecule has 1 amide bonds. The van der Waals surface area contributed by atoms with Crippen LogP contribution in [0.1, 0.15) is 10.4 Å². The Bertz CT molecular complexity index is 691. The van der Waals surface area contributed by atoms with Crippen LogP contribution in [0.2, 0.25) is 0 Å². The molecule has 1 heterocycles. The van der Waals surface area contributed by atoms with Crippen LogP contribution in [0.4, 0.5) is 5.69 Å². The summed E-state index contributed by atoms with van der Waals surface area (Å²) in [5, 5.41) is 2.85. The zero-order valence-corrected chi connectivity index (χ0v) is 10.2. The minimum Gasteiger partial charge on any atom is -0.322 e. The molecule has 0 fully saturated rings. The molecular formula is C14H9N2OS. The van der Waals surface area contributed by atoms with Gasteiger partial charge in [0, 0.05) is 11.3 Å². The second-order valence-corrected chi connectivity index (χ2v) is 4.63. The summed E-state index contributed by atoms with van der Waals surface area (Å²) < 4.78 is 0.968. The van der Waals surface area contributed by atoms with Gasteiger partial charge in [-0.3, -0.25) is 4.79 Å². The maximum absolute atomic E-state index is 12.0. The lowest BCUT2D eigenvalue weighted by molar-refractivity contribution is 0.102. The summed E-state index contributed by atoms with van der Waals surface area (Å²) in [6.45, 7) is 0. The van der Waals surface area contributed by atoms with Crippen LogP contribution < -0.4 is 5.32 Å². The highest BCUT2D eigenvalue weighted by Gasteiger charge is 2.07. The van der Waals surface area contributed by atoms with Gasteiger partial charge in [-0.2, -0.15) is 0 Å². The predicted octanol–water partition coefficient (Wildman–Crippen LogP) is 3.35. The second-order valence-electron chi connectivity index (χ2n) is 3.81. The molecule has 0 atom stereocenters. The number of hydrogen-bond donors (Lipinski definition) is 1. The summed E-state index contributed by atoms with van der Waals surface area (Å²) in [4.78, 5) is 16.1. The standard InChI is InChI=1S/C14H9N2OS/c17-14(16-11-4-2-1-3-5-11)10-6-7-12-13(8-10)18-9-15-12/h1-8H,(H,16,17). The van der Waals surface area contributed by atoms with Gasteiger partial charge in [-0.15, -0.1) is 11.3 Å². The SMILES string of the molecule is O=C(Nc1ccccc1)c1ccc2n[c]sc2c1. The summed E-state index contributed by atoms with van der Waals surface area (Å²) in [6, 6.07) is 14.8. The molecule has 0 saturated carbocycles. The highest BCUT2D eigenvalue weighted by molar-refractivity contribution is 7.16. The summed E-state index contributed by atoms with van der Waals surface area (Å²) in [6.07, 6.45) is 0. The van der Waals surface area contributed by atoms with E-state index >= 15 is 0 Å². The Labute approximate surface area is 108 Å². The number of nitrogens with zero attached hydrogens (tertiary/aromatic N) is 1. The van der Waals surface area contributed by atoms with Gasteiger partial charge >= 0.3 is 0 Å². The average molecular weight is 253 g/mol. The quantitative estimate of drug-likeness (QED) is 0.761. The lowest BCUT2D eigenvalue weighted by atomic mass is 10.2. The van der Waals surface area contributed by atoms with E-state index in [-0.39, 0.29) is 5.91 Å². The summed E-state index contributed by atoms with van der Waals surface area (Å²) in [7, 11) is 0. The maximum atomic E-state index is 12.0. The van der Waals surface area contributed by atoms with Crippen molar-refractivity contribution in [3.05, 3.63) is 59.6 Å². The molecule has 4 heteroatoms. The largest absolute Gasteiger partial charge is 0.322 e. The van der Waals surface area contributed by atoms with E-state index in [1.165, 1.54) is 11.3 Å². The van der Waals surface area contributed by atoms with Crippen molar-refractivity contribution in [1.82, 2.24) is 4.98 Å². The first-order chi connectivity index (χ1) is 8.83. The molecule has 0 saturated heterocycles. The fourth-order valence-electron chi connectivity index (χ4n) is 1.68. The van der Waals surface area contributed by atoms with E-state index in [0.717, 1.165) is 15.9 Å². The minimum absolute atomic E-state index is 0.114. The molecule has 0 unspecified atom stereocenters. The number of amides is 1. The maximum Gasteiger partial charge on any atom is 0.255 e. The number of hydrogen-bond acceptors (Lipinski definition) is 3. The van der Waals surface area contributed by atoms with Gasteiger partial charge in [-0.1, -0.05) is 18.2 Å². The normalized spacial score (nSPS) is 10.4. The second kappa shape index (κ2) is 4.58. The van der Waals surface area contributed by atoms with E-state index in [4.69, 9.17) is 0 Å². The molecule has 1 N–H and O–H groups in total. The minimum atomic E-state index is -0.114. The number of carbonyl (C=O) groups is 1. The van der Waals surface area contributed by atoms with E-state index < -0.39 is 0 Å². The van der Waals surface area contributed by atoms with Crippen LogP contribution in [0.5, 0.6) is 0 Å². The molecule has 2 aromatic carbocycles. The number of anilines is 1. The Balaban J connectivity index is 1.87. The van der Waals surface area contributed by atoms with Crippen LogP contribution in [-0.4, -0.2) is 10.9 Å². The number of nitrogens with one attached hydrogen (secondary N) is 1. The molecular weight excluding hydrogens is 244 g/mol. The molecule has 0 aliphatic carbocycles. The fraction of sp³-hybridized carbons (Fsp3) is 0. The highest BCUT2D eigenvalue weighted by atomic mass is 32.1. The van der Waals surface area contributed by atoms with Gasteiger partial charge in [-0.25, -0.2) is 4.98 Å². The van der Waals surface area contributed by atoms with Gasteiger partial charge in [0.25, 0.3) is 5.91 Å². The van der Waals surface area contributed by atoms with Crippen LogP contribution in [0, 0.1) is 5.51 Å². The molecule has 3 nitrogen and oxygen atoms in total. The summed E-state index contributed by atoms with van der Waals surface area (Å²) in [5.74, 6) is -0.114. The van der Waals surface area contributed by atoms with E-state index in [2.05, 4.69) is 15.8 Å². The lowest BCUT2D eigenvalue weighted by Gasteiger charge is -2.04. The van der Waals surface area contributed by atoms with Crippen molar-refractivity contribution in [2.75, 3.05) is 5.32 Å². The number of thiazole rings is 1. The zero-order chi connectivity index (χ0) is 12.4. The van der Waals surface area contributed by atoms with Crippen LogP contribution in [0.25, 0.3) is 10.2 Å². The molecule has 3 aromatic rings. The summed E-state index contributed by atoms with van der Waals surface area (Å²) >= 11 is 1.41. The van der Waals surface area contributed by atoms with Crippen LogP contribution >= 0.6 is 11.3 Å². The number of carbonyl (C=O) groups excluding carboxylic acids is 1. The van der Waals surface area contributed by atoms with E-state index in [1.807, 2.05) is 42.5 Å². The Kier molecular flexibility index (Phi) is 2.78. The van der Waals surface area contributed by atoms with Gasteiger partial charge in [-0.05, 0) is 30.3 Å². The Morgan fingerprint density at radius 3 is 2.83 bits per heavy atom. The third-order valence-corrected chi connectivity index (χ3v) is 3.30. The molecule has 3 rings (SSSR count). The molecule has 0 aliphatic rings. The number of fused-ring (bicyclic) bond motifs is 1. The Morgan fingerprint density at radius 2 is 2.00 bits per heavy atom. The van der Waals surface area contributed by atoms with Gasteiger partial charge in [0.15, 0.2) is 5.51 Å². The predicted molar refractivity (Wildman–Crippen MR) is 72.9 cm³/mol. The van der Waals surface area contributed by atoms with Crippen LogP contribution in [0.15, 0.2) is 48.5 Å². The zero-order valence-electron chi connectivity index (χ0n) is 9.38. The molecule has 18 heavy (non-hydrogen) atoms. The van der Waals surface area contributed by atoms with Crippen LogP contribution in [0.3, 0.4) is 0 Å². The fourth-order valence-corrected chi connectivity index (χ4v) is 2.32. The van der Waals surface area contributed by atoms with Gasteiger partial charge in [0.1, 0.15) is 0 Å². The number of benzene rings is 2. The first-order valence-corrected chi connectivity index (χ1v) is 6.27. The average Bonchev–Trinajstić information content (AvgIpc) is 2.87. The smallest absolute Gasteiger partial charge is 0.255 e. The van der Waals surface area contributed by atoms with Crippen LogP contribution in [-0.2, 0) is 0 Å². The van der Waals surface area contributed by atoms with E-state index in [0.29, 0.717) is 5.56 Å². The van der Waals surface area contributed by atoms with Gasteiger partial charge in [0.2, 0.25) is 0 Å². The van der Waals surface area contributed by atoms with Gasteiger partial charge in [0.05, 0.1) is 10.2 Å². The Morgan fingerprint density at radius 1 is 1.17 bits per heavy atom. The molecule has 0 spiro atoms. The number of para-hydroxylation sites is 1. The lowest BCUT2D eigenvalue weighted by Crippen LogP contribution is -2.11. The van der Waals surface area contributed by atoms with Crippen molar-refractivity contribution >= 4 is 33.1 Å². The van der Waals surface area contributed by atoms with Crippen molar-refractivity contribution < 1.29 is 4.79 Å². The topological polar surface area (TPSA) is 42.0 Å². The van der Waals surface area contributed by atoms with Gasteiger partial charge < -0.3 is 5.32 Å². The molecule has 1 radical (unpaired) electrons. The van der Waals surface area contributed by atoms with E-state index in [9.17, 15) is 4.79 Å². The summed E-state index contributed by atoms with van der Waals surface area (Å²) in [5.41, 5.74) is 5.10. The van der Waals surface area contributed by atoms with Crippen molar-refractivity contribution in [1.29, 1.82) is 0 Å². The van der Waals surface area contributed by atoms with Crippen molar-refractivity contribution in [2.45, 2.75) is 0 Å². The number of rotatable bonds is 2. The third-order valence-electron chi connectivity index (χ3n) is 2.58.